The smallest absolute Gasteiger partial charge is 0.165 e. The first-order chi connectivity index (χ1) is 8.83. The minimum absolute atomic E-state index is 0.652. The molecule has 1 aliphatic heterocycles. The zero-order valence-corrected chi connectivity index (χ0v) is 11.4. The van der Waals surface area contributed by atoms with Gasteiger partial charge in [-0.25, -0.2) is 4.68 Å². The van der Waals surface area contributed by atoms with Gasteiger partial charge in [-0.15, -0.1) is 5.10 Å². The number of nitrogens with zero attached hydrogens (tertiary/aromatic N) is 5. The molecule has 0 unspecified atom stereocenters. The van der Waals surface area contributed by atoms with E-state index in [1.807, 2.05) is 4.68 Å². The van der Waals surface area contributed by atoms with Gasteiger partial charge in [-0.1, -0.05) is 6.92 Å². The minimum Gasteiger partial charge on any atom is -0.384 e. The van der Waals surface area contributed by atoms with Crippen molar-refractivity contribution in [1.82, 2.24) is 25.1 Å². The molecule has 0 aliphatic carbocycles. The highest BCUT2D eigenvalue weighted by Crippen LogP contribution is 2.18. The molecule has 0 radical (unpaired) electrons. The third-order valence-electron chi connectivity index (χ3n) is 3.41. The van der Waals surface area contributed by atoms with Crippen molar-refractivity contribution < 1.29 is 4.74 Å². The lowest BCUT2D eigenvalue weighted by Crippen LogP contribution is -2.37. The second-order valence-electron chi connectivity index (χ2n) is 5.02. The SMILES string of the molecule is CCCn1nnnc1CN1CCC[C@@H](COC)C1. The quantitative estimate of drug-likeness (QED) is 0.755. The molecule has 6 nitrogen and oxygen atoms in total. The molecular weight excluding hydrogens is 230 g/mol. The molecule has 2 rings (SSSR count). The Kier molecular flexibility index (Phi) is 5.07. The van der Waals surface area contributed by atoms with Gasteiger partial charge in [0.15, 0.2) is 5.82 Å². The summed E-state index contributed by atoms with van der Waals surface area (Å²) in [5.41, 5.74) is 0. The van der Waals surface area contributed by atoms with Crippen molar-refractivity contribution in [3.8, 4) is 0 Å². The van der Waals surface area contributed by atoms with E-state index in [1.165, 1.54) is 12.8 Å². The summed E-state index contributed by atoms with van der Waals surface area (Å²) < 4.78 is 7.17. The Labute approximate surface area is 108 Å². The lowest BCUT2D eigenvalue weighted by Gasteiger charge is -2.31. The van der Waals surface area contributed by atoms with E-state index < -0.39 is 0 Å². The first-order valence-electron chi connectivity index (χ1n) is 6.79. The average Bonchev–Trinajstić information content (AvgIpc) is 2.78. The van der Waals surface area contributed by atoms with Gasteiger partial charge in [-0.3, -0.25) is 4.90 Å². The van der Waals surface area contributed by atoms with Crippen LogP contribution in [0, 0.1) is 5.92 Å². The zero-order chi connectivity index (χ0) is 12.8. The molecule has 1 atom stereocenters. The number of likely N-dealkylation sites (tertiary alicyclic amines) is 1. The van der Waals surface area contributed by atoms with Crippen LogP contribution in [0.15, 0.2) is 0 Å². The van der Waals surface area contributed by atoms with Crippen LogP contribution in [0.25, 0.3) is 0 Å². The Morgan fingerprint density at radius 1 is 1.44 bits per heavy atom. The summed E-state index contributed by atoms with van der Waals surface area (Å²) in [7, 11) is 1.78. The van der Waals surface area contributed by atoms with Crippen molar-refractivity contribution in [2.45, 2.75) is 39.3 Å². The zero-order valence-electron chi connectivity index (χ0n) is 11.4. The van der Waals surface area contributed by atoms with Gasteiger partial charge in [-0.2, -0.15) is 0 Å². The normalized spacial score (nSPS) is 21.3. The fraction of sp³-hybridized carbons (Fsp3) is 0.917. The highest BCUT2D eigenvalue weighted by atomic mass is 16.5. The summed E-state index contributed by atoms with van der Waals surface area (Å²) >= 11 is 0. The molecular formula is C12H23N5O. The van der Waals surface area contributed by atoms with Gasteiger partial charge < -0.3 is 4.74 Å². The fourth-order valence-corrected chi connectivity index (χ4v) is 2.59. The molecule has 18 heavy (non-hydrogen) atoms. The van der Waals surface area contributed by atoms with Crippen LogP contribution in [-0.2, 0) is 17.8 Å². The number of aromatic nitrogens is 4. The molecule has 1 aromatic heterocycles. The molecule has 1 aromatic rings. The van der Waals surface area contributed by atoms with Gasteiger partial charge in [-0.05, 0) is 42.2 Å². The largest absolute Gasteiger partial charge is 0.384 e. The summed E-state index contributed by atoms with van der Waals surface area (Å²) in [5.74, 6) is 1.63. The summed E-state index contributed by atoms with van der Waals surface area (Å²) in [5, 5.41) is 11.9. The Balaban J connectivity index is 1.89. The Morgan fingerprint density at radius 2 is 2.33 bits per heavy atom. The molecule has 1 fully saturated rings. The number of methoxy groups -OCH3 is 1. The van der Waals surface area contributed by atoms with Crippen LogP contribution in [-0.4, -0.2) is 51.9 Å². The van der Waals surface area contributed by atoms with Crippen LogP contribution in [0.4, 0.5) is 0 Å². The number of ether oxygens (including phenoxy) is 1. The molecule has 0 amide bonds. The van der Waals surface area contributed by atoms with Gasteiger partial charge in [0.1, 0.15) is 0 Å². The van der Waals surface area contributed by atoms with Gasteiger partial charge in [0.05, 0.1) is 13.2 Å². The van der Waals surface area contributed by atoms with Crippen molar-refractivity contribution in [1.29, 1.82) is 0 Å². The Bertz CT molecular complexity index is 352. The van der Waals surface area contributed by atoms with Gasteiger partial charge >= 0.3 is 0 Å². The maximum atomic E-state index is 5.25. The van der Waals surface area contributed by atoms with E-state index in [9.17, 15) is 0 Å². The first-order valence-corrected chi connectivity index (χ1v) is 6.79. The van der Waals surface area contributed by atoms with E-state index in [-0.39, 0.29) is 0 Å². The van der Waals surface area contributed by atoms with E-state index in [1.54, 1.807) is 7.11 Å². The molecule has 102 valence electrons. The number of tetrazole rings is 1. The third-order valence-corrected chi connectivity index (χ3v) is 3.41. The maximum absolute atomic E-state index is 5.25. The van der Waals surface area contributed by atoms with Gasteiger partial charge in [0, 0.05) is 20.2 Å². The van der Waals surface area contributed by atoms with Crippen molar-refractivity contribution >= 4 is 0 Å². The number of hydrogen-bond acceptors (Lipinski definition) is 5. The van der Waals surface area contributed by atoms with Crippen LogP contribution in [0.5, 0.6) is 0 Å². The predicted octanol–water partition coefficient (Wildman–Crippen LogP) is 0.941. The lowest BCUT2D eigenvalue weighted by atomic mass is 9.99. The molecule has 2 heterocycles. The first kappa shape index (κ1) is 13.4. The summed E-state index contributed by atoms with van der Waals surface area (Å²) in [6.07, 6.45) is 3.57. The van der Waals surface area contributed by atoms with Crippen molar-refractivity contribution in [3.05, 3.63) is 5.82 Å². The minimum atomic E-state index is 0.652. The lowest BCUT2D eigenvalue weighted by molar-refractivity contribution is 0.0854. The molecule has 0 N–H and O–H groups in total. The molecule has 1 aliphatic rings. The van der Waals surface area contributed by atoms with Gasteiger partial charge in [0.2, 0.25) is 0 Å². The van der Waals surface area contributed by atoms with Crippen molar-refractivity contribution in [2.24, 2.45) is 5.92 Å². The second-order valence-corrected chi connectivity index (χ2v) is 5.02. The maximum Gasteiger partial charge on any atom is 0.165 e. The molecule has 6 heteroatoms. The monoisotopic (exact) mass is 253 g/mol. The van der Waals surface area contributed by atoms with Crippen molar-refractivity contribution in [2.75, 3.05) is 26.8 Å². The van der Waals surface area contributed by atoms with Crippen LogP contribution < -0.4 is 0 Å². The molecule has 0 saturated carbocycles. The number of aryl methyl sites for hydroxylation is 1. The predicted molar refractivity (Wildman–Crippen MR) is 68.0 cm³/mol. The van der Waals surface area contributed by atoms with E-state index in [2.05, 4.69) is 27.3 Å². The number of rotatable bonds is 6. The van der Waals surface area contributed by atoms with Crippen LogP contribution in [0.2, 0.25) is 0 Å². The highest BCUT2D eigenvalue weighted by molar-refractivity contribution is 4.83. The molecule has 0 aromatic carbocycles. The van der Waals surface area contributed by atoms with E-state index in [0.29, 0.717) is 5.92 Å². The number of hydrogen-bond donors (Lipinski definition) is 0. The van der Waals surface area contributed by atoms with E-state index in [0.717, 1.165) is 45.0 Å². The van der Waals surface area contributed by atoms with Gasteiger partial charge in [0.25, 0.3) is 0 Å². The van der Waals surface area contributed by atoms with Crippen molar-refractivity contribution in [3.63, 3.8) is 0 Å². The molecule has 0 spiro atoms. The van der Waals surface area contributed by atoms with Crippen LogP contribution >= 0.6 is 0 Å². The van der Waals surface area contributed by atoms with Crippen LogP contribution in [0.3, 0.4) is 0 Å². The number of piperidine rings is 1. The Hall–Kier alpha value is -1.01. The van der Waals surface area contributed by atoms with E-state index in [4.69, 9.17) is 4.74 Å². The Morgan fingerprint density at radius 3 is 3.11 bits per heavy atom. The summed E-state index contributed by atoms with van der Waals surface area (Å²) in [6, 6.07) is 0. The molecule has 1 saturated heterocycles. The third kappa shape index (κ3) is 3.49. The van der Waals surface area contributed by atoms with E-state index >= 15 is 0 Å². The average molecular weight is 253 g/mol. The van der Waals surface area contributed by atoms with Crippen LogP contribution in [0.1, 0.15) is 32.0 Å². The highest BCUT2D eigenvalue weighted by Gasteiger charge is 2.21. The topological polar surface area (TPSA) is 56.1 Å². The summed E-state index contributed by atoms with van der Waals surface area (Å²) in [4.78, 5) is 2.44. The summed E-state index contributed by atoms with van der Waals surface area (Å²) in [6.45, 7) is 6.98. The second kappa shape index (κ2) is 6.80. The fourth-order valence-electron chi connectivity index (χ4n) is 2.59. The molecule has 0 bridgehead atoms. The standard InChI is InChI=1S/C12H23N5O/c1-3-6-17-12(13-14-15-17)9-16-7-4-5-11(8-16)10-18-2/h11H,3-10H2,1-2H3/t11-/m1/s1.